The largest absolute Gasteiger partial charge is 0.481 e. The molecule has 6 nitrogen and oxygen atoms in total. The van der Waals surface area contributed by atoms with Crippen molar-refractivity contribution in [3.8, 4) is 10.7 Å². The van der Waals surface area contributed by atoms with Gasteiger partial charge in [-0.1, -0.05) is 30.3 Å². The monoisotopic (exact) mass is 431 g/mol. The highest BCUT2D eigenvalue weighted by Crippen LogP contribution is 2.32. The maximum Gasteiger partial charge on any atom is 0.306 e. The molecule has 1 amide bonds. The minimum absolute atomic E-state index is 0.0130. The van der Waals surface area contributed by atoms with Crippen LogP contribution in [-0.4, -0.2) is 33.0 Å². The lowest BCUT2D eigenvalue weighted by Gasteiger charge is -2.27. The standard InChI is InChI=1S/C24H21N3O3S/c28-22(25-15-11-9-14(10-12-15)24(29)30)17-13-20(26-18-6-2-1-5-16(17)18)23-27-19-7-3-4-8-21(19)31-23/h1-8,13-15H,9-12H2,(H,25,28)(H,29,30). The molecule has 1 aliphatic rings. The van der Waals surface area contributed by atoms with Crippen LogP contribution in [0.25, 0.3) is 31.8 Å². The summed E-state index contributed by atoms with van der Waals surface area (Å²) in [5.41, 5.74) is 2.91. The van der Waals surface area contributed by atoms with Crippen molar-refractivity contribution in [1.29, 1.82) is 0 Å². The van der Waals surface area contributed by atoms with Crippen LogP contribution in [0.2, 0.25) is 0 Å². The van der Waals surface area contributed by atoms with Gasteiger partial charge in [0.15, 0.2) is 0 Å². The Morgan fingerprint density at radius 2 is 1.65 bits per heavy atom. The summed E-state index contributed by atoms with van der Waals surface area (Å²) in [5.74, 6) is -1.20. The fourth-order valence-electron chi connectivity index (χ4n) is 4.20. The van der Waals surface area contributed by atoms with E-state index in [4.69, 9.17) is 9.97 Å². The normalized spacial score (nSPS) is 18.8. The SMILES string of the molecule is O=C(NC1CCC(C(=O)O)CC1)c1cc(-c2nc3ccccc3s2)nc2ccccc12. The zero-order chi connectivity index (χ0) is 21.4. The van der Waals surface area contributed by atoms with Crippen molar-refractivity contribution < 1.29 is 14.7 Å². The lowest BCUT2D eigenvalue weighted by atomic mass is 9.86. The summed E-state index contributed by atoms with van der Waals surface area (Å²) in [6, 6.07) is 17.4. The highest BCUT2D eigenvalue weighted by Gasteiger charge is 2.27. The molecule has 7 heteroatoms. The number of nitrogens with one attached hydrogen (secondary N) is 1. The van der Waals surface area contributed by atoms with E-state index in [-0.39, 0.29) is 17.9 Å². The quantitative estimate of drug-likeness (QED) is 0.480. The summed E-state index contributed by atoms with van der Waals surface area (Å²) in [5, 5.41) is 13.9. The Bertz CT molecular complexity index is 1260. The lowest BCUT2D eigenvalue weighted by molar-refractivity contribution is -0.142. The maximum absolute atomic E-state index is 13.2. The van der Waals surface area contributed by atoms with Crippen molar-refractivity contribution in [2.45, 2.75) is 31.7 Å². The number of thiazole rings is 1. The number of carbonyl (C=O) groups excluding carboxylic acids is 1. The summed E-state index contributed by atoms with van der Waals surface area (Å²) >= 11 is 1.56. The molecule has 0 saturated heterocycles. The minimum Gasteiger partial charge on any atom is -0.481 e. The van der Waals surface area contributed by atoms with E-state index >= 15 is 0 Å². The Kier molecular flexibility index (Phi) is 5.11. The molecule has 1 fully saturated rings. The number of para-hydroxylation sites is 2. The van der Waals surface area contributed by atoms with Gasteiger partial charge in [-0.2, -0.15) is 0 Å². The topological polar surface area (TPSA) is 92.2 Å². The minimum atomic E-state index is -0.745. The van der Waals surface area contributed by atoms with Crippen LogP contribution in [0.15, 0.2) is 54.6 Å². The first-order valence-electron chi connectivity index (χ1n) is 10.4. The van der Waals surface area contributed by atoms with Gasteiger partial charge in [-0.15, -0.1) is 11.3 Å². The zero-order valence-corrected chi connectivity index (χ0v) is 17.6. The van der Waals surface area contributed by atoms with Gasteiger partial charge in [0.05, 0.1) is 27.2 Å². The molecular weight excluding hydrogens is 410 g/mol. The van der Waals surface area contributed by atoms with Gasteiger partial charge in [-0.25, -0.2) is 9.97 Å². The van der Waals surface area contributed by atoms with E-state index in [0.717, 1.165) is 26.1 Å². The molecular formula is C24H21N3O3S. The molecule has 5 rings (SSSR count). The number of amides is 1. The number of rotatable bonds is 4. The van der Waals surface area contributed by atoms with Gasteiger partial charge in [-0.3, -0.25) is 9.59 Å². The molecule has 2 aromatic heterocycles. The van der Waals surface area contributed by atoms with Crippen molar-refractivity contribution >= 4 is 44.3 Å². The second-order valence-electron chi connectivity index (χ2n) is 7.92. The molecule has 0 atom stereocenters. The first kappa shape index (κ1) is 19.6. The summed E-state index contributed by atoms with van der Waals surface area (Å²) < 4.78 is 1.08. The predicted octanol–water partition coefficient (Wildman–Crippen LogP) is 4.88. The number of carboxylic acid groups (broad SMARTS) is 1. The van der Waals surface area contributed by atoms with Crippen molar-refractivity contribution in [2.24, 2.45) is 5.92 Å². The number of hydrogen-bond acceptors (Lipinski definition) is 5. The fourth-order valence-corrected chi connectivity index (χ4v) is 5.13. The number of benzene rings is 2. The second-order valence-corrected chi connectivity index (χ2v) is 8.95. The zero-order valence-electron chi connectivity index (χ0n) is 16.7. The van der Waals surface area contributed by atoms with Crippen molar-refractivity contribution in [3.63, 3.8) is 0 Å². The maximum atomic E-state index is 13.2. The van der Waals surface area contributed by atoms with Crippen LogP contribution in [-0.2, 0) is 4.79 Å². The third kappa shape index (κ3) is 3.88. The second kappa shape index (κ2) is 8.07. The average Bonchev–Trinajstić information content (AvgIpc) is 3.23. The lowest BCUT2D eigenvalue weighted by Crippen LogP contribution is -2.38. The Morgan fingerprint density at radius 3 is 2.39 bits per heavy atom. The summed E-state index contributed by atoms with van der Waals surface area (Å²) in [7, 11) is 0. The molecule has 2 heterocycles. The van der Waals surface area contributed by atoms with E-state index < -0.39 is 5.97 Å². The number of carboxylic acids is 1. The number of nitrogens with zero attached hydrogens (tertiary/aromatic N) is 2. The molecule has 0 aliphatic heterocycles. The third-order valence-corrected chi connectivity index (χ3v) is 6.94. The third-order valence-electron chi connectivity index (χ3n) is 5.89. The van der Waals surface area contributed by atoms with Crippen LogP contribution in [0.5, 0.6) is 0 Å². The van der Waals surface area contributed by atoms with E-state index in [1.54, 1.807) is 11.3 Å². The molecule has 0 bridgehead atoms. The van der Waals surface area contributed by atoms with Gasteiger partial charge in [-0.05, 0) is 49.9 Å². The number of carbonyl (C=O) groups is 2. The van der Waals surface area contributed by atoms with Gasteiger partial charge >= 0.3 is 5.97 Å². The van der Waals surface area contributed by atoms with E-state index in [9.17, 15) is 14.7 Å². The summed E-state index contributed by atoms with van der Waals surface area (Å²) in [6.45, 7) is 0. The van der Waals surface area contributed by atoms with Crippen LogP contribution in [0, 0.1) is 5.92 Å². The van der Waals surface area contributed by atoms with Crippen LogP contribution >= 0.6 is 11.3 Å². The number of pyridine rings is 1. The summed E-state index contributed by atoms with van der Waals surface area (Å²) in [4.78, 5) is 33.9. The van der Waals surface area contributed by atoms with Crippen molar-refractivity contribution in [2.75, 3.05) is 0 Å². The van der Waals surface area contributed by atoms with Gasteiger partial charge in [0.25, 0.3) is 5.91 Å². The van der Waals surface area contributed by atoms with Crippen molar-refractivity contribution in [3.05, 3.63) is 60.2 Å². The molecule has 4 aromatic rings. The number of hydrogen-bond donors (Lipinski definition) is 2. The van der Waals surface area contributed by atoms with Crippen LogP contribution in [0.3, 0.4) is 0 Å². The van der Waals surface area contributed by atoms with Gasteiger partial charge in [0, 0.05) is 11.4 Å². The van der Waals surface area contributed by atoms with E-state index in [1.165, 1.54) is 0 Å². The highest BCUT2D eigenvalue weighted by atomic mass is 32.1. The number of aromatic nitrogens is 2. The molecule has 2 aromatic carbocycles. The summed E-state index contributed by atoms with van der Waals surface area (Å²) in [6.07, 6.45) is 2.54. The molecule has 156 valence electrons. The van der Waals surface area contributed by atoms with Gasteiger partial charge in [0.1, 0.15) is 10.7 Å². The Balaban J connectivity index is 1.47. The Labute approximate surface area is 183 Å². The molecule has 31 heavy (non-hydrogen) atoms. The first-order chi connectivity index (χ1) is 15.1. The first-order valence-corrected chi connectivity index (χ1v) is 11.2. The fraction of sp³-hybridized carbons (Fsp3) is 0.250. The Hall–Kier alpha value is -3.32. The van der Waals surface area contributed by atoms with E-state index in [0.29, 0.717) is 36.9 Å². The van der Waals surface area contributed by atoms with E-state index in [1.807, 2.05) is 54.6 Å². The predicted molar refractivity (Wildman–Crippen MR) is 121 cm³/mol. The molecule has 2 N–H and O–H groups in total. The molecule has 0 radical (unpaired) electrons. The molecule has 1 saturated carbocycles. The molecule has 0 unspecified atom stereocenters. The van der Waals surface area contributed by atoms with Crippen LogP contribution in [0.4, 0.5) is 0 Å². The van der Waals surface area contributed by atoms with Crippen LogP contribution in [0.1, 0.15) is 36.0 Å². The molecule has 0 spiro atoms. The number of fused-ring (bicyclic) bond motifs is 2. The number of aliphatic carboxylic acids is 1. The average molecular weight is 432 g/mol. The van der Waals surface area contributed by atoms with Gasteiger partial charge in [0.2, 0.25) is 0 Å². The highest BCUT2D eigenvalue weighted by molar-refractivity contribution is 7.21. The van der Waals surface area contributed by atoms with Crippen LogP contribution < -0.4 is 5.32 Å². The Morgan fingerprint density at radius 1 is 0.935 bits per heavy atom. The smallest absolute Gasteiger partial charge is 0.306 e. The molecule has 1 aliphatic carbocycles. The van der Waals surface area contributed by atoms with Gasteiger partial charge < -0.3 is 10.4 Å². The van der Waals surface area contributed by atoms with Crippen molar-refractivity contribution in [1.82, 2.24) is 15.3 Å². The van der Waals surface area contributed by atoms with E-state index in [2.05, 4.69) is 5.32 Å².